The molecule has 0 aliphatic heterocycles. The largest absolute Gasteiger partial charge is 0.324 e. The van der Waals surface area contributed by atoms with E-state index in [1.54, 1.807) is 0 Å². The average molecular weight is 220 g/mol. The van der Waals surface area contributed by atoms with Gasteiger partial charge in [-0.15, -0.1) is 0 Å². The van der Waals surface area contributed by atoms with Gasteiger partial charge in [-0.05, 0) is 30.9 Å². The first-order valence-electron chi connectivity index (χ1n) is 5.56. The van der Waals surface area contributed by atoms with Crippen molar-refractivity contribution in [3.63, 3.8) is 0 Å². The predicted molar refractivity (Wildman–Crippen MR) is 67.4 cm³/mol. The Morgan fingerprint density at radius 1 is 1.25 bits per heavy atom. The minimum Gasteiger partial charge on any atom is -0.324 e. The number of para-hydroxylation sites is 1. The van der Waals surface area contributed by atoms with Crippen LogP contribution in [0.2, 0.25) is 0 Å². The summed E-state index contributed by atoms with van der Waals surface area (Å²) < 4.78 is 0. The molecule has 0 aliphatic carbocycles. The first-order valence-corrected chi connectivity index (χ1v) is 5.56. The number of nitrogens with two attached hydrogens (primary N) is 1. The average Bonchev–Trinajstić information content (AvgIpc) is 2.22. The molecule has 1 amide bonds. The fraction of sp³-hybridized carbons (Fsp3) is 0.462. The highest BCUT2D eigenvalue weighted by Crippen LogP contribution is 2.19. The van der Waals surface area contributed by atoms with E-state index in [1.807, 2.05) is 45.9 Å². The third-order valence-electron chi connectivity index (χ3n) is 2.75. The van der Waals surface area contributed by atoms with Crippen LogP contribution in [0.1, 0.15) is 25.0 Å². The van der Waals surface area contributed by atoms with E-state index >= 15 is 0 Å². The number of anilines is 1. The first-order chi connectivity index (χ1) is 7.43. The second-order valence-electron chi connectivity index (χ2n) is 4.53. The molecule has 0 aromatic heterocycles. The lowest BCUT2D eigenvalue weighted by Crippen LogP contribution is -2.40. The number of benzene rings is 1. The molecule has 3 nitrogen and oxygen atoms in total. The number of amides is 1. The lowest BCUT2D eigenvalue weighted by atomic mass is 10.0. The van der Waals surface area contributed by atoms with Crippen LogP contribution >= 0.6 is 0 Å². The van der Waals surface area contributed by atoms with Gasteiger partial charge in [0.2, 0.25) is 5.91 Å². The summed E-state index contributed by atoms with van der Waals surface area (Å²) in [6.45, 7) is 7.83. The molecule has 1 aromatic rings. The van der Waals surface area contributed by atoms with Gasteiger partial charge < -0.3 is 11.1 Å². The Labute approximate surface area is 97.0 Å². The van der Waals surface area contributed by atoms with Crippen molar-refractivity contribution in [2.24, 2.45) is 11.7 Å². The number of hydrogen-bond donors (Lipinski definition) is 2. The Morgan fingerprint density at radius 3 is 2.19 bits per heavy atom. The van der Waals surface area contributed by atoms with Crippen molar-refractivity contribution in [3.05, 3.63) is 29.3 Å². The Bertz CT molecular complexity index is 365. The number of aryl methyl sites for hydroxylation is 2. The van der Waals surface area contributed by atoms with Gasteiger partial charge in [-0.2, -0.15) is 0 Å². The molecule has 1 atom stereocenters. The maximum Gasteiger partial charge on any atom is 0.241 e. The minimum absolute atomic E-state index is 0.118. The predicted octanol–water partition coefficient (Wildman–Crippen LogP) is 2.23. The summed E-state index contributed by atoms with van der Waals surface area (Å²) in [6, 6.07) is 5.47. The Balaban J connectivity index is 2.85. The van der Waals surface area contributed by atoms with Gasteiger partial charge in [0.1, 0.15) is 0 Å². The molecule has 0 saturated heterocycles. The van der Waals surface area contributed by atoms with Crippen LogP contribution < -0.4 is 11.1 Å². The van der Waals surface area contributed by atoms with Gasteiger partial charge in [0.05, 0.1) is 6.04 Å². The molecule has 0 radical (unpaired) electrons. The molecule has 0 spiro atoms. The lowest BCUT2D eigenvalue weighted by Gasteiger charge is -2.17. The topological polar surface area (TPSA) is 55.1 Å². The number of carbonyl (C=O) groups is 1. The van der Waals surface area contributed by atoms with Crippen LogP contribution in [-0.2, 0) is 4.79 Å². The van der Waals surface area contributed by atoms with Crippen molar-refractivity contribution in [2.75, 3.05) is 5.32 Å². The van der Waals surface area contributed by atoms with E-state index in [0.717, 1.165) is 16.8 Å². The molecule has 0 aliphatic rings. The summed E-state index contributed by atoms with van der Waals surface area (Å²) in [5.74, 6) is 0.0247. The van der Waals surface area contributed by atoms with Crippen LogP contribution in [0.25, 0.3) is 0 Å². The van der Waals surface area contributed by atoms with Gasteiger partial charge in [0.25, 0.3) is 0 Å². The smallest absolute Gasteiger partial charge is 0.241 e. The fourth-order valence-electron chi connectivity index (χ4n) is 1.52. The summed E-state index contributed by atoms with van der Waals surface area (Å²) in [5, 5.41) is 2.90. The second-order valence-corrected chi connectivity index (χ2v) is 4.53. The molecule has 0 saturated carbocycles. The third kappa shape index (κ3) is 2.83. The molecule has 0 bridgehead atoms. The summed E-state index contributed by atoms with van der Waals surface area (Å²) >= 11 is 0. The van der Waals surface area contributed by atoms with Gasteiger partial charge >= 0.3 is 0 Å². The molecular weight excluding hydrogens is 200 g/mol. The van der Waals surface area contributed by atoms with Gasteiger partial charge in [-0.3, -0.25) is 4.79 Å². The molecule has 0 unspecified atom stereocenters. The third-order valence-corrected chi connectivity index (χ3v) is 2.75. The van der Waals surface area contributed by atoms with E-state index in [2.05, 4.69) is 5.32 Å². The van der Waals surface area contributed by atoms with Gasteiger partial charge in [-0.25, -0.2) is 0 Å². The van der Waals surface area contributed by atoms with E-state index in [4.69, 9.17) is 5.73 Å². The highest BCUT2D eigenvalue weighted by atomic mass is 16.2. The van der Waals surface area contributed by atoms with E-state index in [9.17, 15) is 4.79 Å². The van der Waals surface area contributed by atoms with Crippen molar-refractivity contribution < 1.29 is 4.79 Å². The van der Waals surface area contributed by atoms with E-state index in [1.165, 1.54) is 0 Å². The van der Waals surface area contributed by atoms with Crippen LogP contribution in [0.15, 0.2) is 18.2 Å². The molecule has 1 rings (SSSR count). The van der Waals surface area contributed by atoms with Gasteiger partial charge in [0.15, 0.2) is 0 Å². The van der Waals surface area contributed by atoms with Crippen molar-refractivity contribution in [1.29, 1.82) is 0 Å². The van der Waals surface area contributed by atoms with Gasteiger partial charge in [-0.1, -0.05) is 32.0 Å². The summed E-state index contributed by atoms with van der Waals surface area (Å²) in [7, 11) is 0. The number of carbonyl (C=O) groups excluding carboxylic acids is 1. The molecule has 88 valence electrons. The Morgan fingerprint density at radius 2 is 1.75 bits per heavy atom. The highest BCUT2D eigenvalue weighted by molar-refractivity contribution is 5.96. The molecule has 3 heteroatoms. The molecule has 3 N–H and O–H groups in total. The van der Waals surface area contributed by atoms with E-state index < -0.39 is 6.04 Å². The first kappa shape index (κ1) is 12.7. The van der Waals surface area contributed by atoms with E-state index in [0.29, 0.717) is 0 Å². The van der Waals surface area contributed by atoms with Crippen molar-refractivity contribution >= 4 is 11.6 Å². The highest BCUT2D eigenvalue weighted by Gasteiger charge is 2.18. The number of rotatable bonds is 3. The summed E-state index contributed by atoms with van der Waals surface area (Å²) in [5.41, 5.74) is 8.79. The quantitative estimate of drug-likeness (QED) is 0.820. The van der Waals surface area contributed by atoms with Crippen molar-refractivity contribution in [1.82, 2.24) is 0 Å². The minimum atomic E-state index is -0.459. The van der Waals surface area contributed by atoms with Crippen LogP contribution in [0.3, 0.4) is 0 Å². The van der Waals surface area contributed by atoms with Crippen LogP contribution in [0.4, 0.5) is 5.69 Å². The maximum absolute atomic E-state index is 11.8. The van der Waals surface area contributed by atoms with E-state index in [-0.39, 0.29) is 11.8 Å². The zero-order valence-corrected chi connectivity index (χ0v) is 10.4. The van der Waals surface area contributed by atoms with Crippen molar-refractivity contribution in [3.8, 4) is 0 Å². The molecule has 16 heavy (non-hydrogen) atoms. The van der Waals surface area contributed by atoms with Gasteiger partial charge in [0, 0.05) is 5.69 Å². The normalized spacial score (nSPS) is 12.6. The molecule has 0 fully saturated rings. The standard InChI is InChI=1S/C13H20N2O/c1-8(2)11(14)13(16)15-12-9(3)6-5-7-10(12)4/h5-8,11H,14H2,1-4H3,(H,15,16)/t11-/m1/s1. The zero-order valence-electron chi connectivity index (χ0n) is 10.4. The summed E-state index contributed by atoms with van der Waals surface area (Å²) in [6.07, 6.45) is 0. The number of nitrogens with one attached hydrogen (secondary N) is 1. The Kier molecular flexibility index (Phi) is 4.07. The summed E-state index contributed by atoms with van der Waals surface area (Å²) in [4.78, 5) is 11.8. The SMILES string of the molecule is Cc1cccc(C)c1NC(=O)[C@H](N)C(C)C. The monoisotopic (exact) mass is 220 g/mol. The molecular formula is C13H20N2O. The molecule has 1 aromatic carbocycles. The molecule has 0 heterocycles. The van der Waals surface area contributed by atoms with Crippen LogP contribution in [-0.4, -0.2) is 11.9 Å². The Hall–Kier alpha value is -1.35. The maximum atomic E-state index is 11.8. The fourth-order valence-corrected chi connectivity index (χ4v) is 1.52. The van der Waals surface area contributed by atoms with Crippen LogP contribution in [0, 0.1) is 19.8 Å². The second kappa shape index (κ2) is 5.12. The number of hydrogen-bond acceptors (Lipinski definition) is 2. The van der Waals surface area contributed by atoms with Crippen molar-refractivity contribution in [2.45, 2.75) is 33.7 Å². The zero-order chi connectivity index (χ0) is 12.3. The lowest BCUT2D eigenvalue weighted by molar-refractivity contribution is -0.118. The van der Waals surface area contributed by atoms with Crippen LogP contribution in [0.5, 0.6) is 0 Å².